The largest absolute Gasteiger partial charge is 0.465 e. The van der Waals surface area contributed by atoms with E-state index < -0.39 is 0 Å². The molecule has 0 amide bonds. The molecule has 1 aromatic rings. The highest BCUT2D eigenvalue weighted by Gasteiger charge is 2.26. The highest BCUT2D eigenvalue weighted by Crippen LogP contribution is 2.37. The van der Waals surface area contributed by atoms with Crippen molar-refractivity contribution in [2.75, 3.05) is 7.11 Å². The van der Waals surface area contributed by atoms with Crippen molar-refractivity contribution in [3.63, 3.8) is 0 Å². The van der Waals surface area contributed by atoms with Crippen molar-refractivity contribution in [3.05, 3.63) is 34.9 Å². The van der Waals surface area contributed by atoms with Crippen LogP contribution in [0.1, 0.15) is 41.3 Å². The second-order valence-electron chi connectivity index (χ2n) is 4.38. The van der Waals surface area contributed by atoms with Gasteiger partial charge in [-0.25, -0.2) is 4.79 Å². The van der Waals surface area contributed by atoms with E-state index in [1.165, 1.54) is 18.2 Å². The monoisotopic (exact) mass is 204 g/mol. The Morgan fingerprint density at radius 1 is 1.40 bits per heavy atom. The van der Waals surface area contributed by atoms with Crippen molar-refractivity contribution in [2.24, 2.45) is 5.92 Å². The predicted octanol–water partition coefficient (Wildman–Crippen LogP) is 2.77. The molecule has 1 aliphatic carbocycles. The summed E-state index contributed by atoms with van der Waals surface area (Å²) >= 11 is 0. The molecule has 0 heterocycles. The van der Waals surface area contributed by atoms with Crippen LogP contribution in [0.4, 0.5) is 0 Å². The Morgan fingerprint density at radius 3 is 2.80 bits per heavy atom. The quantitative estimate of drug-likeness (QED) is 0.657. The van der Waals surface area contributed by atoms with Crippen molar-refractivity contribution >= 4 is 5.97 Å². The minimum Gasteiger partial charge on any atom is -0.465 e. The van der Waals surface area contributed by atoms with Crippen LogP contribution in [0.25, 0.3) is 0 Å². The lowest BCUT2D eigenvalue weighted by Gasteiger charge is -2.09. The number of ether oxygens (including phenoxy) is 1. The van der Waals surface area contributed by atoms with E-state index in [9.17, 15) is 4.79 Å². The summed E-state index contributed by atoms with van der Waals surface area (Å²) in [5.74, 6) is 1.03. The number of esters is 1. The summed E-state index contributed by atoms with van der Waals surface area (Å²) in [7, 11) is 1.42. The van der Waals surface area contributed by atoms with Gasteiger partial charge in [-0.3, -0.25) is 0 Å². The Morgan fingerprint density at radius 2 is 2.13 bits per heavy atom. The van der Waals surface area contributed by atoms with Gasteiger partial charge >= 0.3 is 5.97 Å². The van der Waals surface area contributed by atoms with Gasteiger partial charge in [-0.1, -0.05) is 19.9 Å². The Kier molecular flexibility index (Phi) is 2.51. The Bertz CT molecular complexity index is 396. The van der Waals surface area contributed by atoms with Gasteiger partial charge in [0.15, 0.2) is 0 Å². The molecule has 0 aliphatic heterocycles. The van der Waals surface area contributed by atoms with Gasteiger partial charge in [-0.2, -0.15) is 0 Å². The van der Waals surface area contributed by atoms with Crippen LogP contribution in [0, 0.1) is 5.92 Å². The van der Waals surface area contributed by atoms with E-state index >= 15 is 0 Å². The topological polar surface area (TPSA) is 26.3 Å². The highest BCUT2D eigenvalue weighted by molar-refractivity contribution is 5.89. The Labute approximate surface area is 90.3 Å². The molecule has 0 aromatic heterocycles. The summed E-state index contributed by atoms with van der Waals surface area (Å²) in [5.41, 5.74) is 3.35. The molecule has 15 heavy (non-hydrogen) atoms. The van der Waals surface area contributed by atoms with E-state index in [-0.39, 0.29) is 5.97 Å². The fourth-order valence-electron chi connectivity index (χ4n) is 2.30. The van der Waals surface area contributed by atoms with E-state index in [2.05, 4.69) is 19.9 Å². The van der Waals surface area contributed by atoms with Gasteiger partial charge in [0, 0.05) is 0 Å². The first kappa shape index (κ1) is 10.2. The molecular weight excluding hydrogens is 188 g/mol. The molecule has 1 aromatic carbocycles. The van der Waals surface area contributed by atoms with Gasteiger partial charge in [0.25, 0.3) is 0 Å². The maximum atomic E-state index is 11.4. The molecule has 2 rings (SSSR count). The van der Waals surface area contributed by atoms with Crippen LogP contribution in [-0.4, -0.2) is 13.1 Å². The molecule has 0 bridgehead atoms. The molecule has 0 fully saturated rings. The van der Waals surface area contributed by atoms with E-state index in [0.29, 0.717) is 17.4 Å². The number of carbonyl (C=O) groups excluding carboxylic acids is 1. The Balaban J connectivity index is 2.37. The van der Waals surface area contributed by atoms with Crippen LogP contribution in [0.2, 0.25) is 0 Å². The zero-order chi connectivity index (χ0) is 11.0. The maximum absolute atomic E-state index is 11.4. The summed E-state index contributed by atoms with van der Waals surface area (Å²) in [4.78, 5) is 11.4. The van der Waals surface area contributed by atoms with Gasteiger partial charge in [-0.15, -0.1) is 0 Å². The standard InChI is InChI=1S/C13H16O2/c1-8-6-11-7-10(13(14)15-3)4-5-12(11)9(8)2/h4-5,7-9H,6H2,1-3H3. The molecule has 0 spiro atoms. The lowest BCUT2D eigenvalue weighted by atomic mass is 9.96. The van der Waals surface area contributed by atoms with Crippen molar-refractivity contribution in [1.29, 1.82) is 0 Å². The fourth-order valence-corrected chi connectivity index (χ4v) is 2.30. The summed E-state index contributed by atoms with van der Waals surface area (Å²) in [5, 5.41) is 0. The lowest BCUT2D eigenvalue weighted by Crippen LogP contribution is -2.02. The normalized spacial score (nSPS) is 23.7. The SMILES string of the molecule is COC(=O)c1ccc2c(c1)CC(C)C2C. The molecule has 0 saturated heterocycles. The number of carbonyl (C=O) groups is 1. The molecule has 2 nitrogen and oxygen atoms in total. The minimum absolute atomic E-state index is 0.245. The zero-order valence-corrected chi connectivity index (χ0v) is 9.41. The average molecular weight is 204 g/mol. The summed E-state index contributed by atoms with van der Waals surface area (Å²) < 4.78 is 4.71. The van der Waals surface area contributed by atoms with Gasteiger partial charge in [0.1, 0.15) is 0 Å². The number of benzene rings is 1. The van der Waals surface area contributed by atoms with Crippen LogP contribution >= 0.6 is 0 Å². The first-order valence-electron chi connectivity index (χ1n) is 5.34. The number of rotatable bonds is 1. The van der Waals surface area contributed by atoms with Crippen LogP contribution in [0.5, 0.6) is 0 Å². The van der Waals surface area contributed by atoms with Gasteiger partial charge in [-0.05, 0) is 41.5 Å². The predicted molar refractivity (Wildman–Crippen MR) is 59.1 cm³/mol. The van der Waals surface area contributed by atoms with Crippen LogP contribution in [0.15, 0.2) is 18.2 Å². The Hall–Kier alpha value is -1.31. The number of fused-ring (bicyclic) bond motifs is 1. The third-order valence-electron chi connectivity index (χ3n) is 3.45. The summed E-state index contributed by atoms with van der Waals surface area (Å²) in [6.07, 6.45) is 1.07. The average Bonchev–Trinajstić information content (AvgIpc) is 2.53. The minimum atomic E-state index is -0.245. The number of hydrogen-bond donors (Lipinski definition) is 0. The molecule has 0 saturated carbocycles. The molecule has 2 unspecified atom stereocenters. The highest BCUT2D eigenvalue weighted by atomic mass is 16.5. The second-order valence-corrected chi connectivity index (χ2v) is 4.38. The fraction of sp³-hybridized carbons (Fsp3) is 0.462. The molecule has 80 valence electrons. The van der Waals surface area contributed by atoms with Crippen molar-refractivity contribution < 1.29 is 9.53 Å². The van der Waals surface area contributed by atoms with Crippen LogP contribution in [-0.2, 0) is 11.2 Å². The molecule has 2 heteroatoms. The van der Waals surface area contributed by atoms with Crippen molar-refractivity contribution in [1.82, 2.24) is 0 Å². The van der Waals surface area contributed by atoms with Crippen molar-refractivity contribution in [2.45, 2.75) is 26.2 Å². The summed E-state index contributed by atoms with van der Waals surface area (Å²) in [6.45, 7) is 4.50. The molecule has 0 N–H and O–H groups in total. The van der Waals surface area contributed by atoms with Gasteiger partial charge in [0.2, 0.25) is 0 Å². The summed E-state index contributed by atoms with van der Waals surface area (Å²) in [6, 6.07) is 5.90. The van der Waals surface area contributed by atoms with E-state index in [1.807, 2.05) is 12.1 Å². The first-order valence-corrected chi connectivity index (χ1v) is 5.34. The van der Waals surface area contributed by atoms with Gasteiger partial charge < -0.3 is 4.74 Å². The molecule has 0 radical (unpaired) electrons. The zero-order valence-electron chi connectivity index (χ0n) is 9.41. The molecular formula is C13H16O2. The maximum Gasteiger partial charge on any atom is 0.337 e. The van der Waals surface area contributed by atoms with Crippen LogP contribution in [0.3, 0.4) is 0 Å². The first-order chi connectivity index (χ1) is 7.13. The van der Waals surface area contributed by atoms with Crippen LogP contribution < -0.4 is 0 Å². The molecule has 1 aliphatic rings. The lowest BCUT2D eigenvalue weighted by molar-refractivity contribution is 0.0600. The third kappa shape index (κ3) is 1.65. The van der Waals surface area contributed by atoms with E-state index in [4.69, 9.17) is 4.74 Å². The van der Waals surface area contributed by atoms with E-state index in [1.54, 1.807) is 0 Å². The third-order valence-corrected chi connectivity index (χ3v) is 3.45. The van der Waals surface area contributed by atoms with Gasteiger partial charge in [0.05, 0.1) is 12.7 Å². The second kappa shape index (κ2) is 3.69. The molecule has 2 atom stereocenters. The van der Waals surface area contributed by atoms with Crippen molar-refractivity contribution in [3.8, 4) is 0 Å². The smallest absolute Gasteiger partial charge is 0.337 e. The number of methoxy groups -OCH3 is 1. The number of hydrogen-bond acceptors (Lipinski definition) is 2. The van der Waals surface area contributed by atoms with E-state index in [0.717, 1.165) is 6.42 Å².